The minimum Gasteiger partial charge on any atom is -0.394 e. The summed E-state index contributed by atoms with van der Waals surface area (Å²) in [5.74, 6) is -1.50. The van der Waals surface area contributed by atoms with E-state index in [0.717, 1.165) is 0 Å². The van der Waals surface area contributed by atoms with Crippen LogP contribution in [0.25, 0.3) is 0 Å². The Balaban J connectivity index is 1.11. The summed E-state index contributed by atoms with van der Waals surface area (Å²) in [6, 6.07) is -1.77. The summed E-state index contributed by atoms with van der Waals surface area (Å²) >= 11 is 0. The number of carbonyl (C=O) groups excluding carboxylic acids is 2. The smallest absolute Gasteiger partial charge is 0.217 e. The molecule has 0 radical (unpaired) electrons. The van der Waals surface area contributed by atoms with Crippen LogP contribution in [-0.2, 0) is 47.5 Å². The van der Waals surface area contributed by atoms with Crippen LogP contribution in [0.3, 0.4) is 0 Å². The maximum absolute atomic E-state index is 11.6. The molecule has 11 atom stereocenters. The van der Waals surface area contributed by atoms with E-state index < -0.39 is 85.8 Å². The van der Waals surface area contributed by atoms with Gasteiger partial charge < -0.3 is 84.5 Å². The van der Waals surface area contributed by atoms with Crippen molar-refractivity contribution in [3.8, 4) is 0 Å². The topological polar surface area (TPSA) is 265 Å². The monoisotopic (exact) mass is 699 g/mol. The quantitative estimate of drug-likeness (QED) is 0.0426. The molecule has 1 aliphatic carbocycles. The van der Waals surface area contributed by atoms with Crippen molar-refractivity contribution in [2.24, 2.45) is 5.92 Å². The van der Waals surface area contributed by atoms with Gasteiger partial charge in [-0.25, -0.2) is 0 Å². The predicted molar refractivity (Wildman–Crippen MR) is 161 cm³/mol. The molecule has 19 nitrogen and oxygen atoms in total. The van der Waals surface area contributed by atoms with Gasteiger partial charge in [0.05, 0.1) is 91.4 Å². The van der Waals surface area contributed by atoms with E-state index in [1.807, 2.05) is 0 Å². The van der Waals surface area contributed by atoms with Crippen LogP contribution in [0.15, 0.2) is 0 Å². The molecule has 0 spiro atoms. The van der Waals surface area contributed by atoms with Gasteiger partial charge in [0, 0.05) is 32.9 Å². The van der Waals surface area contributed by atoms with E-state index >= 15 is 0 Å². The van der Waals surface area contributed by atoms with Gasteiger partial charge in [-0.3, -0.25) is 9.59 Å². The maximum atomic E-state index is 11.6. The Kier molecular flexibility index (Phi) is 17.7. The van der Waals surface area contributed by atoms with Crippen molar-refractivity contribution in [3.63, 3.8) is 0 Å². The van der Waals surface area contributed by atoms with Gasteiger partial charge in [0.2, 0.25) is 11.8 Å². The average Bonchev–Trinajstić information content (AvgIpc) is 3.62. The van der Waals surface area contributed by atoms with Crippen molar-refractivity contribution < 1.29 is 78.1 Å². The van der Waals surface area contributed by atoms with Crippen molar-refractivity contribution >= 4 is 11.8 Å². The van der Waals surface area contributed by atoms with Crippen molar-refractivity contribution in [2.75, 3.05) is 92.4 Å². The first-order chi connectivity index (χ1) is 23.1. The number of nitrogens with one attached hydrogen (secondary N) is 3. The maximum Gasteiger partial charge on any atom is 0.217 e. The molecule has 1 saturated carbocycles. The van der Waals surface area contributed by atoms with Crippen LogP contribution in [0, 0.1) is 5.92 Å². The number of aliphatic hydroxyl groups is 6. The molecule has 9 N–H and O–H groups in total. The number of hydrogen-bond donors (Lipinski definition) is 9. The lowest BCUT2D eigenvalue weighted by Crippen LogP contribution is -2.64. The van der Waals surface area contributed by atoms with Crippen LogP contribution in [0.5, 0.6) is 0 Å². The van der Waals surface area contributed by atoms with Crippen LogP contribution >= 0.6 is 0 Å². The summed E-state index contributed by atoms with van der Waals surface area (Å²) in [5, 5.41) is 68.2. The van der Waals surface area contributed by atoms with Crippen LogP contribution in [0.1, 0.15) is 13.8 Å². The summed E-state index contributed by atoms with van der Waals surface area (Å²) < 4.78 is 44.3. The third-order valence-corrected chi connectivity index (χ3v) is 8.13. The lowest BCUT2D eigenvalue weighted by molar-refractivity contribution is -0.272. The zero-order chi connectivity index (χ0) is 35.1. The molecule has 0 aromatic rings. The average molecular weight is 700 g/mol. The molecular weight excluding hydrogens is 646 g/mol. The molecule has 19 heteroatoms. The molecule has 2 saturated heterocycles. The highest BCUT2D eigenvalue weighted by Gasteiger charge is 2.75. The molecule has 0 bridgehead atoms. The first-order valence-corrected chi connectivity index (χ1v) is 16.1. The Morgan fingerprint density at radius 2 is 1.15 bits per heavy atom. The number of carbonyl (C=O) groups is 2. The molecule has 2 heterocycles. The Bertz CT molecular complexity index is 954. The van der Waals surface area contributed by atoms with Crippen LogP contribution in [-0.4, -0.2) is 196 Å². The van der Waals surface area contributed by atoms with E-state index in [-0.39, 0.29) is 32.3 Å². The summed E-state index contributed by atoms with van der Waals surface area (Å²) in [6.07, 6.45) is -7.98. The van der Waals surface area contributed by atoms with Crippen LogP contribution < -0.4 is 16.0 Å². The summed E-state index contributed by atoms with van der Waals surface area (Å²) in [7, 11) is 0. The van der Waals surface area contributed by atoms with Crippen molar-refractivity contribution in [3.05, 3.63) is 0 Å². The lowest BCUT2D eigenvalue weighted by atomic mass is 9.97. The molecule has 0 aromatic heterocycles. The molecule has 2 aliphatic heterocycles. The van der Waals surface area contributed by atoms with E-state index in [4.69, 9.17) is 37.9 Å². The highest BCUT2D eigenvalue weighted by atomic mass is 16.7. The van der Waals surface area contributed by atoms with Gasteiger partial charge in [0.1, 0.15) is 36.1 Å². The number of hydrogen-bond acceptors (Lipinski definition) is 17. The van der Waals surface area contributed by atoms with E-state index in [1.165, 1.54) is 13.8 Å². The summed E-state index contributed by atoms with van der Waals surface area (Å²) in [6.45, 7) is 5.70. The Labute approximate surface area is 279 Å². The fourth-order valence-electron chi connectivity index (χ4n) is 5.66. The zero-order valence-electron chi connectivity index (χ0n) is 27.4. The normalized spacial score (nSPS) is 34.4. The van der Waals surface area contributed by atoms with Crippen molar-refractivity contribution in [1.29, 1.82) is 0 Å². The largest absolute Gasteiger partial charge is 0.394 e. The highest BCUT2D eigenvalue weighted by Crippen LogP contribution is 2.54. The summed E-state index contributed by atoms with van der Waals surface area (Å²) in [4.78, 5) is 23.1. The minimum absolute atomic E-state index is 0.0851. The van der Waals surface area contributed by atoms with Gasteiger partial charge >= 0.3 is 0 Å². The third-order valence-electron chi connectivity index (χ3n) is 8.13. The number of aliphatic hydroxyl groups excluding tert-OH is 5. The number of rotatable bonds is 24. The molecule has 2 amide bonds. The van der Waals surface area contributed by atoms with Gasteiger partial charge in [-0.15, -0.1) is 0 Å². The van der Waals surface area contributed by atoms with Crippen molar-refractivity contribution in [2.45, 2.75) is 74.6 Å². The molecule has 280 valence electrons. The standard InChI is InChI=1S/C29H53N3O16/c1-17(35)31-22-21-26(39)29(21,40)20(16-34)48-27(22)45-13-11-43-9-7-41-5-3-30-4-6-42-8-10-44-12-14-46-28-23(32-18(2)36)25(38)24(37)19(15-33)47-28/h19-28,30,33-34,37-40H,3-16H2,1-2H3,(H,31,35)(H,32,36)/t19?,20?,21?,22?,23?,24-,25?,26?,27+,28+,29?/m0/s1. The molecule has 48 heavy (non-hydrogen) atoms. The van der Waals surface area contributed by atoms with Gasteiger partial charge in [-0.2, -0.15) is 0 Å². The number of fused-ring (bicyclic) bond motifs is 1. The second-order valence-electron chi connectivity index (χ2n) is 11.6. The minimum atomic E-state index is -1.62. The zero-order valence-corrected chi connectivity index (χ0v) is 27.4. The fraction of sp³-hybridized carbons (Fsp3) is 0.931. The third kappa shape index (κ3) is 11.7. The SMILES string of the molecule is CC(=O)NC1C(O)[C@@H](O)C(CO)O[C@H]1OCCOCCOCCNCCOCCOCCO[C@@H]1OC(CO)C2(O)C(O)C2C1NC(C)=O. The molecule has 8 unspecified atom stereocenters. The second-order valence-corrected chi connectivity index (χ2v) is 11.6. The van der Waals surface area contributed by atoms with E-state index in [1.54, 1.807) is 0 Å². The first kappa shape index (κ1) is 40.8. The molecule has 3 rings (SSSR count). The van der Waals surface area contributed by atoms with Gasteiger partial charge in [-0.05, 0) is 0 Å². The highest BCUT2D eigenvalue weighted by molar-refractivity contribution is 5.73. The number of ether oxygens (including phenoxy) is 8. The Morgan fingerprint density at radius 1 is 0.667 bits per heavy atom. The molecule has 3 fully saturated rings. The van der Waals surface area contributed by atoms with E-state index in [2.05, 4.69) is 16.0 Å². The lowest BCUT2D eigenvalue weighted by Gasteiger charge is -2.42. The molecule has 0 aromatic carbocycles. The van der Waals surface area contributed by atoms with Gasteiger partial charge in [0.15, 0.2) is 12.6 Å². The molecular formula is C29H53N3O16. The second kappa shape index (κ2) is 20.9. The Morgan fingerprint density at radius 3 is 1.65 bits per heavy atom. The van der Waals surface area contributed by atoms with Crippen molar-refractivity contribution in [1.82, 2.24) is 16.0 Å². The fourth-order valence-corrected chi connectivity index (χ4v) is 5.66. The van der Waals surface area contributed by atoms with E-state index in [0.29, 0.717) is 52.7 Å². The molecule has 3 aliphatic rings. The van der Waals surface area contributed by atoms with Crippen LogP contribution in [0.4, 0.5) is 0 Å². The van der Waals surface area contributed by atoms with E-state index in [9.17, 15) is 40.2 Å². The number of amides is 2. The van der Waals surface area contributed by atoms with Crippen LogP contribution in [0.2, 0.25) is 0 Å². The summed E-state index contributed by atoms with van der Waals surface area (Å²) in [5.41, 5.74) is -1.62. The predicted octanol–water partition coefficient (Wildman–Crippen LogP) is -5.44. The van der Waals surface area contributed by atoms with Gasteiger partial charge in [0.25, 0.3) is 0 Å². The Hall–Kier alpha value is -1.66. The van der Waals surface area contributed by atoms with Gasteiger partial charge in [-0.1, -0.05) is 0 Å². The first-order valence-electron chi connectivity index (χ1n) is 16.1.